The van der Waals surface area contributed by atoms with Crippen LogP contribution in [0, 0.1) is 0 Å². The van der Waals surface area contributed by atoms with Crippen LogP contribution >= 0.6 is 11.6 Å². The van der Waals surface area contributed by atoms with E-state index in [1.165, 1.54) is 0 Å². The minimum absolute atomic E-state index is 0.684. The molecule has 0 aliphatic carbocycles. The lowest BCUT2D eigenvalue weighted by molar-refractivity contribution is 0.659. The van der Waals surface area contributed by atoms with E-state index in [0.717, 1.165) is 47.8 Å². The number of aryl methyl sites for hydroxylation is 1. The molecular weight excluding hydrogens is 336 g/mol. The smallest absolute Gasteiger partial charge is 0.161 e. The standard InChI is InChI=1S/C18H19ClN6/c1-2-25-11-12(8-22-25)7-21-18-15-9-20-10-16(15)23-17(24-18)13-3-5-14(19)6-4-13/h3-6,8,11,20H,2,7,9-10H2,1H3,(H,21,23,24). The maximum absolute atomic E-state index is 5.98. The second kappa shape index (κ2) is 6.82. The van der Waals surface area contributed by atoms with Gasteiger partial charge in [-0.3, -0.25) is 4.68 Å². The van der Waals surface area contributed by atoms with Gasteiger partial charge in [-0.05, 0) is 31.2 Å². The zero-order valence-corrected chi connectivity index (χ0v) is 14.7. The first-order chi connectivity index (χ1) is 12.2. The predicted octanol–water partition coefficient (Wildman–Crippen LogP) is 3.23. The Morgan fingerprint density at radius 1 is 1.20 bits per heavy atom. The summed E-state index contributed by atoms with van der Waals surface area (Å²) in [6.07, 6.45) is 3.93. The number of rotatable bonds is 5. The topological polar surface area (TPSA) is 67.7 Å². The minimum Gasteiger partial charge on any atom is -0.365 e. The Balaban J connectivity index is 1.63. The fraction of sp³-hybridized carbons (Fsp3) is 0.278. The van der Waals surface area contributed by atoms with Gasteiger partial charge in [0.2, 0.25) is 0 Å². The van der Waals surface area contributed by atoms with Gasteiger partial charge in [0.05, 0.1) is 11.9 Å². The average molecular weight is 355 g/mol. The Labute approximate surface area is 151 Å². The van der Waals surface area contributed by atoms with E-state index >= 15 is 0 Å². The molecular formula is C18H19ClN6. The number of halogens is 1. The van der Waals surface area contributed by atoms with Gasteiger partial charge in [0, 0.05) is 54.1 Å². The summed E-state index contributed by atoms with van der Waals surface area (Å²) in [4.78, 5) is 9.47. The number of hydrogen-bond acceptors (Lipinski definition) is 5. The number of nitrogens with zero attached hydrogens (tertiary/aromatic N) is 4. The third kappa shape index (κ3) is 3.36. The quantitative estimate of drug-likeness (QED) is 0.736. The first kappa shape index (κ1) is 16.1. The summed E-state index contributed by atoms with van der Waals surface area (Å²) in [5.74, 6) is 1.59. The lowest BCUT2D eigenvalue weighted by Gasteiger charge is -2.11. The van der Waals surface area contributed by atoms with Crippen molar-refractivity contribution in [1.82, 2.24) is 25.1 Å². The van der Waals surface area contributed by atoms with Crippen LogP contribution < -0.4 is 10.6 Å². The van der Waals surface area contributed by atoms with Crippen molar-refractivity contribution in [3.05, 3.63) is 58.5 Å². The van der Waals surface area contributed by atoms with E-state index in [-0.39, 0.29) is 0 Å². The van der Waals surface area contributed by atoms with Crippen LogP contribution in [-0.4, -0.2) is 19.7 Å². The fourth-order valence-electron chi connectivity index (χ4n) is 2.90. The van der Waals surface area contributed by atoms with Crippen molar-refractivity contribution in [3.8, 4) is 11.4 Å². The van der Waals surface area contributed by atoms with Gasteiger partial charge in [0.15, 0.2) is 5.82 Å². The zero-order valence-electron chi connectivity index (χ0n) is 14.0. The van der Waals surface area contributed by atoms with E-state index in [0.29, 0.717) is 17.4 Å². The highest BCUT2D eigenvalue weighted by Gasteiger charge is 2.19. The molecule has 1 aliphatic rings. The molecule has 2 aromatic heterocycles. The maximum atomic E-state index is 5.98. The SMILES string of the molecule is CCn1cc(CNc2nc(-c3ccc(Cl)cc3)nc3c2CNC3)cn1. The van der Waals surface area contributed by atoms with Crippen LogP contribution in [0.4, 0.5) is 5.82 Å². The normalized spacial score (nSPS) is 13.0. The number of fused-ring (bicyclic) bond motifs is 1. The lowest BCUT2D eigenvalue weighted by atomic mass is 10.2. The second-order valence-corrected chi connectivity index (χ2v) is 6.43. The van der Waals surface area contributed by atoms with Gasteiger partial charge in [0.25, 0.3) is 0 Å². The first-order valence-corrected chi connectivity index (χ1v) is 8.72. The van der Waals surface area contributed by atoms with E-state index in [4.69, 9.17) is 21.6 Å². The van der Waals surface area contributed by atoms with Crippen LogP contribution in [0.5, 0.6) is 0 Å². The van der Waals surface area contributed by atoms with E-state index in [1.807, 2.05) is 41.3 Å². The Hall–Kier alpha value is -2.44. The summed E-state index contributed by atoms with van der Waals surface area (Å²) in [6, 6.07) is 7.61. The van der Waals surface area contributed by atoms with Gasteiger partial charge in [-0.1, -0.05) is 11.6 Å². The van der Waals surface area contributed by atoms with Gasteiger partial charge < -0.3 is 10.6 Å². The van der Waals surface area contributed by atoms with Crippen LogP contribution in [0.25, 0.3) is 11.4 Å². The Morgan fingerprint density at radius 3 is 2.80 bits per heavy atom. The molecule has 0 fully saturated rings. The summed E-state index contributed by atoms with van der Waals surface area (Å²) in [7, 11) is 0. The molecule has 0 radical (unpaired) electrons. The van der Waals surface area contributed by atoms with Crippen LogP contribution in [0.2, 0.25) is 5.02 Å². The molecule has 25 heavy (non-hydrogen) atoms. The Bertz CT molecular complexity index is 887. The monoisotopic (exact) mass is 354 g/mol. The first-order valence-electron chi connectivity index (χ1n) is 8.34. The third-order valence-corrected chi connectivity index (χ3v) is 4.51. The molecule has 0 atom stereocenters. The number of aromatic nitrogens is 4. The second-order valence-electron chi connectivity index (χ2n) is 5.99. The molecule has 0 amide bonds. The van der Waals surface area contributed by atoms with Crippen molar-refractivity contribution in [2.45, 2.75) is 33.1 Å². The van der Waals surface area contributed by atoms with Gasteiger partial charge in [-0.2, -0.15) is 5.10 Å². The summed E-state index contributed by atoms with van der Waals surface area (Å²) in [5.41, 5.74) is 4.28. The number of anilines is 1. The maximum Gasteiger partial charge on any atom is 0.161 e. The zero-order chi connectivity index (χ0) is 17.2. The molecule has 0 saturated carbocycles. The molecule has 0 unspecified atom stereocenters. The highest BCUT2D eigenvalue weighted by Crippen LogP contribution is 2.26. The van der Waals surface area contributed by atoms with Gasteiger partial charge in [-0.25, -0.2) is 9.97 Å². The molecule has 7 heteroatoms. The number of benzene rings is 1. The molecule has 4 rings (SSSR count). The molecule has 1 aromatic carbocycles. The highest BCUT2D eigenvalue weighted by molar-refractivity contribution is 6.30. The molecule has 3 heterocycles. The summed E-state index contributed by atoms with van der Waals surface area (Å²) < 4.78 is 1.92. The number of nitrogens with one attached hydrogen (secondary N) is 2. The number of hydrogen-bond donors (Lipinski definition) is 2. The van der Waals surface area contributed by atoms with Gasteiger partial charge in [-0.15, -0.1) is 0 Å². The van der Waals surface area contributed by atoms with Crippen molar-refractivity contribution >= 4 is 17.4 Å². The van der Waals surface area contributed by atoms with E-state index in [1.54, 1.807) is 0 Å². The van der Waals surface area contributed by atoms with Crippen molar-refractivity contribution in [2.24, 2.45) is 0 Å². The van der Waals surface area contributed by atoms with Gasteiger partial charge in [0.1, 0.15) is 5.82 Å². The molecule has 2 N–H and O–H groups in total. The fourth-order valence-corrected chi connectivity index (χ4v) is 3.02. The van der Waals surface area contributed by atoms with Crippen molar-refractivity contribution < 1.29 is 0 Å². The molecule has 6 nitrogen and oxygen atoms in total. The summed E-state index contributed by atoms with van der Waals surface area (Å²) in [6.45, 7) is 5.18. The molecule has 128 valence electrons. The lowest BCUT2D eigenvalue weighted by Crippen LogP contribution is -2.07. The summed E-state index contributed by atoms with van der Waals surface area (Å²) in [5, 5.41) is 11.8. The minimum atomic E-state index is 0.684. The third-order valence-electron chi connectivity index (χ3n) is 4.26. The summed E-state index contributed by atoms with van der Waals surface area (Å²) >= 11 is 5.98. The van der Waals surface area contributed by atoms with Crippen molar-refractivity contribution in [1.29, 1.82) is 0 Å². The van der Waals surface area contributed by atoms with Crippen LogP contribution in [0.1, 0.15) is 23.7 Å². The highest BCUT2D eigenvalue weighted by atomic mass is 35.5. The van der Waals surface area contributed by atoms with Crippen molar-refractivity contribution in [2.75, 3.05) is 5.32 Å². The molecule has 0 bridgehead atoms. The molecule has 3 aromatic rings. The average Bonchev–Trinajstić information content (AvgIpc) is 3.29. The molecule has 0 saturated heterocycles. The van der Waals surface area contributed by atoms with E-state index < -0.39 is 0 Å². The largest absolute Gasteiger partial charge is 0.365 e. The van der Waals surface area contributed by atoms with Crippen LogP contribution in [0.15, 0.2) is 36.7 Å². The van der Waals surface area contributed by atoms with Crippen LogP contribution in [-0.2, 0) is 26.2 Å². The Morgan fingerprint density at radius 2 is 2.04 bits per heavy atom. The molecule has 1 aliphatic heterocycles. The van der Waals surface area contributed by atoms with Gasteiger partial charge >= 0.3 is 0 Å². The Kier molecular flexibility index (Phi) is 4.38. The van der Waals surface area contributed by atoms with Crippen LogP contribution in [0.3, 0.4) is 0 Å². The predicted molar refractivity (Wildman–Crippen MR) is 98.2 cm³/mol. The van der Waals surface area contributed by atoms with E-state index in [9.17, 15) is 0 Å². The van der Waals surface area contributed by atoms with E-state index in [2.05, 4.69) is 22.7 Å². The van der Waals surface area contributed by atoms with Crippen molar-refractivity contribution in [3.63, 3.8) is 0 Å². The molecule has 0 spiro atoms.